The van der Waals surface area contributed by atoms with Crippen molar-refractivity contribution >= 4 is 34.0 Å². The first-order chi connectivity index (χ1) is 8.96. The predicted molar refractivity (Wildman–Crippen MR) is 80.6 cm³/mol. The molecule has 20 heavy (non-hydrogen) atoms. The summed E-state index contributed by atoms with van der Waals surface area (Å²) in [7, 11) is -1.99. The SMILES string of the molecule is Cl.Cn1ncc(Cl)c1S(=O)(=O)N1CCCC(CCN)C1. The van der Waals surface area contributed by atoms with Gasteiger partial charge in [0, 0.05) is 20.1 Å². The molecule has 1 unspecified atom stereocenters. The maximum Gasteiger partial charge on any atom is 0.261 e. The number of nitrogens with two attached hydrogens (primary N) is 1. The number of hydrogen-bond donors (Lipinski definition) is 1. The molecule has 1 aromatic rings. The van der Waals surface area contributed by atoms with Crippen molar-refractivity contribution < 1.29 is 8.42 Å². The number of hydrogen-bond acceptors (Lipinski definition) is 4. The molecular formula is C11H20Cl2N4O2S. The normalized spacial score (nSPS) is 20.6. The van der Waals surface area contributed by atoms with E-state index >= 15 is 0 Å². The van der Waals surface area contributed by atoms with Gasteiger partial charge in [0.25, 0.3) is 10.0 Å². The summed E-state index contributed by atoms with van der Waals surface area (Å²) in [5.74, 6) is 0.334. The Labute approximate surface area is 130 Å². The van der Waals surface area contributed by atoms with Crippen LogP contribution in [0.5, 0.6) is 0 Å². The van der Waals surface area contributed by atoms with E-state index in [0.717, 1.165) is 19.3 Å². The molecule has 1 aliphatic heterocycles. The third-order valence-electron chi connectivity index (χ3n) is 3.48. The number of halogens is 2. The highest BCUT2D eigenvalue weighted by molar-refractivity contribution is 7.89. The average Bonchev–Trinajstić information content (AvgIpc) is 2.70. The molecule has 0 radical (unpaired) electrons. The highest BCUT2D eigenvalue weighted by Gasteiger charge is 2.33. The van der Waals surface area contributed by atoms with Gasteiger partial charge in [0.05, 0.1) is 11.2 Å². The molecule has 116 valence electrons. The minimum Gasteiger partial charge on any atom is -0.330 e. The van der Waals surface area contributed by atoms with Gasteiger partial charge in [-0.25, -0.2) is 8.42 Å². The van der Waals surface area contributed by atoms with Crippen molar-refractivity contribution in [3.63, 3.8) is 0 Å². The Morgan fingerprint density at radius 1 is 1.55 bits per heavy atom. The molecular weight excluding hydrogens is 323 g/mol. The third kappa shape index (κ3) is 3.46. The zero-order valence-corrected chi connectivity index (χ0v) is 13.7. The van der Waals surface area contributed by atoms with E-state index in [0.29, 0.717) is 25.6 Å². The molecule has 0 saturated carbocycles. The lowest BCUT2D eigenvalue weighted by molar-refractivity contribution is 0.257. The highest BCUT2D eigenvalue weighted by atomic mass is 35.5. The van der Waals surface area contributed by atoms with E-state index in [9.17, 15) is 8.42 Å². The number of piperidine rings is 1. The van der Waals surface area contributed by atoms with Crippen molar-refractivity contribution in [2.24, 2.45) is 18.7 Å². The van der Waals surface area contributed by atoms with Gasteiger partial charge in [-0.15, -0.1) is 12.4 Å². The van der Waals surface area contributed by atoms with Crippen LogP contribution in [0.1, 0.15) is 19.3 Å². The van der Waals surface area contributed by atoms with Crippen molar-refractivity contribution in [3.05, 3.63) is 11.2 Å². The quantitative estimate of drug-likeness (QED) is 0.892. The summed E-state index contributed by atoms with van der Waals surface area (Å²) in [5, 5.41) is 4.13. The summed E-state index contributed by atoms with van der Waals surface area (Å²) in [6, 6.07) is 0. The minimum atomic E-state index is -3.57. The summed E-state index contributed by atoms with van der Waals surface area (Å²) >= 11 is 5.94. The van der Waals surface area contributed by atoms with Gasteiger partial charge in [-0.3, -0.25) is 4.68 Å². The number of nitrogens with zero attached hydrogens (tertiary/aromatic N) is 3. The lowest BCUT2D eigenvalue weighted by atomic mass is 9.96. The fourth-order valence-corrected chi connectivity index (χ4v) is 4.69. The van der Waals surface area contributed by atoms with Crippen molar-refractivity contribution in [1.29, 1.82) is 0 Å². The summed E-state index contributed by atoms with van der Waals surface area (Å²) in [5.41, 5.74) is 5.55. The number of aryl methyl sites for hydroxylation is 1. The predicted octanol–water partition coefficient (Wildman–Crippen LogP) is 1.24. The Kier molecular flexibility index (Phi) is 6.27. The smallest absolute Gasteiger partial charge is 0.261 e. The Balaban J connectivity index is 0.00000200. The van der Waals surface area contributed by atoms with Crippen LogP contribution < -0.4 is 5.73 Å². The molecule has 0 bridgehead atoms. The van der Waals surface area contributed by atoms with Crippen LogP contribution in [0.25, 0.3) is 0 Å². The lowest BCUT2D eigenvalue weighted by Crippen LogP contribution is -2.41. The maximum atomic E-state index is 12.6. The van der Waals surface area contributed by atoms with E-state index in [4.69, 9.17) is 17.3 Å². The molecule has 2 N–H and O–H groups in total. The summed E-state index contributed by atoms with van der Waals surface area (Å²) in [4.78, 5) is 0. The van der Waals surface area contributed by atoms with Crippen LogP contribution in [0, 0.1) is 5.92 Å². The van der Waals surface area contributed by atoms with Gasteiger partial charge in [0.15, 0.2) is 5.03 Å². The zero-order valence-electron chi connectivity index (χ0n) is 11.3. The summed E-state index contributed by atoms with van der Waals surface area (Å²) in [6.45, 7) is 1.64. The molecule has 6 nitrogen and oxygen atoms in total. The second-order valence-electron chi connectivity index (χ2n) is 4.87. The van der Waals surface area contributed by atoms with Gasteiger partial charge < -0.3 is 5.73 Å². The van der Waals surface area contributed by atoms with Gasteiger partial charge in [-0.05, 0) is 31.7 Å². The van der Waals surface area contributed by atoms with Crippen LogP contribution in [0.4, 0.5) is 0 Å². The van der Waals surface area contributed by atoms with E-state index in [1.165, 1.54) is 15.2 Å². The number of aromatic nitrogens is 2. The van der Waals surface area contributed by atoms with Gasteiger partial charge in [0.1, 0.15) is 0 Å². The highest BCUT2D eigenvalue weighted by Crippen LogP contribution is 2.28. The second-order valence-corrected chi connectivity index (χ2v) is 7.13. The molecule has 0 amide bonds. The molecule has 0 spiro atoms. The van der Waals surface area contributed by atoms with Gasteiger partial charge in [0.2, 0.25) is 0 Å². The Morgan fingerprint density at radius 3 is 2.80 bits per heavy atom. The van der Waals surface area contributed by atoms with E-state index in [2.05, 4.69) is 5.10 Å². The van der Waals surface area contributed by atoms with Crippen molar-refractivity contribution in [2.45, 2.75) is 24.3 Å². The molecule has 9 heteroatoms. The van der Waals surface area contributed by atoms with E-state index in [-0.39, 0.29) is 22.5 Å². The third-order valence-corrected chi connectivity index (χ3v) is 5.86. The largest absolute Gasteiger partial charge is 0.330 e. The summed E-state index contributed by atoms with van der Waals surface area (Å²) < 4.78 is 28.0. The van der Waals surface area contributed by atoms with E-state index in [1.807, 2.05) is 0 Å². The topological polar surface area (TPSA) is 81.2 Å². The lowest BCUT2D eigenvalue weighted by Gasteiger charge is -2.31. The standard InChI is InChI=1S/C11H19ClN4O2S.ClH/c1-15-11(10(12)7-14-15)19(17,18)16-6-2-3-9(8-16)4-5-13;/h7,9H,2-6,8,13H2,1H3;1H. The monoisotopic (exact) mass is 342 g/mol. The van der Waals surface area contributed by atoms with Crippen LogP contribution in [0.15, 0.2) is 11.2 Å². The molecule has 1 saturated heterocycles. The van der Waals surface area contributed by atoms with Gasteiger partial charge in [-0.2, -0.15) is 9.40 Å². The van der Waals surface area contributed by atoms with Crippen LogP contribution >= 0.6 is 24.0 Å². The van der Waals surface area contributed by atoms with E-state index in [1.54, 1.807) is 7.05 Å². The van der Waals surface area contributed by atoms with Crippen molar-refractivity contribution in [3.8, 4) is 0 Å². The van der Waals surface area contributed by atoms with Crippen LogP contribution in [0.3, 0.4) is 0 Å². The van der Waals surface area contributed by atoms with Crippen molar-refractivity contribution in [1.82, 2.24) is 14.1 Å². The van der Waals surface area contributed by atoms with Crippen LogP contribution in [-0.2, 0) is 17.1 Å². The fraction of sp³-hybridized carbons (Fsp3) is 0.727. The molecule has 2 rings (SSSR count). The molecule has 0 aliphatic carbocycles. The molecule has 1 fully saturated rings. The molecule has 0 aromatic carbocycles. The Bertz CT molecular complexity index is 525. The first-order valence-electron chi connectivity index (χ1n) is 6.34. The molecule has 2 heterocycles. The molecule has 1 aliphatic rings. The minimum absolute atomic E-state index is 0. The first kappa shape index (κ1) is 17.7. The number of rotatable bonds is 4. The fourth-order valence-electron chi connectivity index (χ4n) is 2.53. The van der Waals surface area contributed by atoms with Gasteiger partial charge >= 0.3 is 0 Å². The van der Waals surface area contributed by atoms with Gasteiger partial charge in [-0.1, -0.05) is 11.6 Å². The van der Waals surface area contributed by atoms with Crippen LogP contribution in [-0.4, -0.2) is 42.1 Å². The van der Waals surface area contributed by atoms with Crippen molar-refractivity contribution in [2.75, 3.05) is 19.6 Å². The second kappa shape index (κ2) is 7.09. The number of sulfonamides is 1. The first-order valence-corrected chi connectivity index (χ1v) is 8.16. The van der Waals surface area contributed by atoms with Crippen LogP contribution in [0.2, 0.25) is 5.02 Å². The Hall–Kier alpha value is -0.340. The summed E-state index contributed by atoms with van der Waals surface area (Å²) in [6.07, 6.45) is 4.10. The molecule has 1 atom stereocenters. The average molecular weight is 343 g/mol. The molecule has 1 aromatic heterocycles. The van der Waals surface area contributed by atoms with E-state index < -0.39 is 10.0 Å². The zero-order chi connectivity index (χ0) is 14.0. The Morgan fingerprint density at radius 2 is 2.25 bits per heavy atom. The maximum absolute atomic E-state index is 12.6.